The van der Waals surface area contributed by atoms with Crippen LogP contribution in [0, 0.1) is 0 Å². The molecule has 0 spiro atoms. The third-order valence-corrected chi connectivity index (χ3v) is 3.94. The first-order chi connectivity index (χ1) is 13.8. The third-order valence-electron chi connectivity index (χ3n) is 3.94. The van der Waals surface area contributed by atoms with Crippen LogP contribution in [0.3, 0.4) is 0 Å². The van der Waals surface area contributed by atoms with Gasteiger partial charge in [0, 0.05) is 16.8 Å². The number of esters is 1. The van der Waals surface area contributed by atoms with Gasteiger partial charge in [0.15, 0.2) is 5.78 Å². The van der Waals surface area contributed by atoms with Crippen LogP contribution in [0.15, 0.2) is 36.4 Å². The molecule has 0 aliphatic heterocycles. The van der Waals surface area contributed by atoms with Crippen LogP contribution in [0.5, 0.6) is 0 Å². The number of aliphatic carboxylic acids is 2. The highest BCUT2D eigenvalue weighted by Crippen LogP contribution is 2.18. The Morgan fingerprint density at radius 2 is 1.57 bits per heavy atom. The Kier molecular flexibility index (Phi) is 8.73. The van der Waals surface area contributed by atoms with E-state index >= 15 is 0 Å². The molecule has 0 saturated heterocycles. The molecule has 0 aliphatic carbocycles. The lowest BCUT2D eigenvalue weighted by Gasteiger charge is -2.26. The number of carboxylic acid groups (broad SMARTS) is 2. The molecular formula is C21H27NO8. The van der Waals surface area contributed by atoms with Crippen molar-refractivity contribution in [2.24, 2.45) is 0 Å². The van der Waals surface area contributed by atoms with Crippen molar-refractivity contribution >= 4 is 29.4 Å². The van der Waals surface area contributed by atoms with Crippen LogP contribution < -0.4 is 4.90 Å². The molecule has 0 aromatic heterocycles. The molecule has 0 heterocycles. The smallest absolute Gasteiger partial charge is 0.333 e. The van der Waals surface area contributed by atoms with Crippen LogP contribution in [0.1, 0.15) is 38.1 Å². The number of ether oxygens (including phenoxy) is 2. The summed E-state index contributed by atoms with van der Waals surface area (Å²) in [7, 11) is 0. The quantitative estimate of drug-likeness (QED) is 0.296. The summed E-state index contributed by atoms with van der Waals surface area (Å²) in [6.07, 6.45) is -0.826. The molecule has 9 heteroatoms. The zero-order chi connectivity index (χ0) is 23.1. The number of rotatable bonds is 12. The maximum Gasteiger partial charge on any atom is 0.333 e. The Morgan fingerprint density at radius 3 is 2.00 bits per heavy atom. The van der Waals surface area contributed by atoms with Crippen LogP contribution in [-0.2, 0) is 23.9 Å². The molecule has 9 nitrogen and oxygen atoms in total. The number of carboxylic acids is 2. The Morgan fingerprint density at radius 1 is 1.07 bits per heavy atom. The van der Waals surface area contributed by atoms with Gasteiger partial charge >= 0.3 is 17.9 Å². The number of hydrogen-bond donors (Lipinski definition) is 2. The summed E-state index contributed by atoms with van der Waals surface area (Å²) in [5, 5.41) is 17.9. The van der Waals surface area contributed by atoms with Gasteiger partial charge < -0.3 is 24.6 Å². The first-order valence-corrected chi connectivity index (χ1v) is 9.15. The van der Waals surface area contributed by atoms with Crippen LogP contribution in [-0.4, -0.2) is 65.3 Å². The minimum absolute atomic E-state index is 0.0119. The molecule has 1 aromatic carbocycles. The normalized spacial score (nSPS) is 12.0. The Bertz CT molecular complexity index is 797. The summed E-state index contributed by atoms with van der Waals surface area (Å²) in [6, 6.07) is 5.90. The van der Waals surface area contributed by atoms with E-state index in [2.05, 4.69) is 6.58 Å². The second-order valence-corrected chi connectivity index (χ2v) is 7.44. The van der Waals surface area contributed by atoms with E-state index in [-0.39, 0.29) is 18.0 Å². The van der Waals surface area contributed by atoms with E-state index in [9.17, 15) is 19.2 Å². The van der Waals surface area contributed by atoms with Crippen molar-refractivity contribution in [2.45, 2.75) is 39.4 Å². The lowest BCUT2D eigenvalue weighted by atomic mass is 10.1. The van der Waals surface area contributed by atoms with Gasteiger partial charge in [0.1, 0.15) is 24.8 Å². The van der Waals surface area contributed by atoms with Crippen molar-refractivity contribution in [3.63, 3.8) is 0 Å². The maximum atomic E-state index is 12.6. The van der Waals surface area contributed by atoms with Gasteiger partial charge in [-0.15, -0.1) is 0 Å². The Hall–Kier alpha value is -3.20. The number of hydrogen-bond acceptors (Lipinski definition) is 7. The number of Topliss-reactive ketones (excluding diaryl/α,β-unsaturated/α-hetero) is 1. The number of nitrogens with zero attached hydrogens (tertiary/aromatic N) is 1. The fourth-order valence-electron chi connectivity index (χ4n) is 2.41. The first kappa shape index (κ1) is 24.8. The van der Waals surface area contributed by atoms with Crippen molar-refractivity contribution < 1.29 is 38.9 Å². The molecule has 1 rings (SSSR count). The Balaban J connectivity index is 2.78. The van der Waals surface area contributed by atoms with Gasteiger partial charge in [-0.2, -0.15) is 0 Å². The minimum Gasteiger partial charge on any atom is -0.480 e. The lowest BCUT2D eigenvalue weighted by molar-refractivity contribution is -0.158. The predicted molar refractivity (Wildman–Crippen MR) is 109 cm³/mol. The van der Waals surface area contributed by atoms with E-state index < -0.39 is 42.7 Å². The number of anilines is 1. The van der Waals surface area contributed by atoms with Crippen LogP contribution in [0.2, 0.25) is 0 Å². The zero-order valence-corrected chi connectivity index (χ0v) is 17.5. The van der Waals surface area contributed by atoms with Gasteiger partial charge in [-0.3, -0.25) is 14.4 Å². The maximum absolute atomic E-state index is 12.6. The average Bonchev–Trinajstić information content (AvgIpc) is 2.64. The molecule has 1 aromatic rings. The SMILES string of the molecule is C=C(C)C(=O)OC(C)(C)COC(C)C(=O)c1ccc(N(CC(=O)O)CC(=O)O)cc1. The third kappa shape index (κ3) is 8.04. The number of benzene rings is 1. The molecule has 30 heavy (non-hydrogen) atoms. The molecule has 0 radical (unpaired) electrons. The minimum atomic E-state index is -1.17. The molecule has 1 atom stereocenters. The lowest BCUT2D eigenvalue weighted by Crippen LogP contribution is -2.36. The van der Waals surface area contributed by atoms with Gasteiger partial charge in [0.25, 0.3) is 0 Å². The highest BCUT2D eigenvalue weighted by atomic mass is 16.6. The largest absolute Gasteiger partial charge is 0.480 e. The van der Waals surface area contributed by atoms with Crippen molar-refractivity contribution in [1.82, 2.24) is 0 Å². The van der Waals surface area contributed by atoms with E-state index in [1.807, 2.05) is 0 Å². The van der Waals surface area contributed by atoms with Crippen molar-refractivity contribution in [3.8, 4) is 0 Å². The highest BCUT2D eigenvalue weighted by Gasteiger charge is 2.26. The van der Waals surface area contributed by atoms with E-state index in [1.54, 1.807) is 20.8 Å². The van der Waals surface area contributed by atoms with Crippen LogP contribution in [0.25, 0.3) is 0 Å². The first-order valence-electron chi connectivity index (χ1n) is 9.15. The summed E-state index contributed by atoms with van der Waals surface area (Å²) in [6.45, 7) is 8.92. The fourth-order valence-corrected chi connectivity index (χ4v) is 2.41. The molecule has 164 valence electrons. The average molecular weight is 421 g/mol. The second kappa shape index (κ2) is 10.5. The van der Waals surface area contributed by atoms with Crippen molar-refractivity contribution in [2.75, 3.05) is 24.6 Å². The van der Waals surface area contributed by atoms with Crippen LogP contribution in [0.4, 0.5) is 5.69 Å². The van der Waals surface area contributed by atoms with Crippen molar-refractivity contribution in [1.29, 1.82) is 0 Å². The summed E-state index contributed by atoms with van der Waals surface area (Å²) >= 11 is 0. The topological polar surface area (TPSA) is 130 Å². The zero-order valence-electron chi connectivity index (χ0n) is 17.5. The molecule has 0 saturated carbocycles. The molecule has 0 aliphatic rings. The van der Waals surface area contributed by atoms with E-state index in [4.69, 9.17) is 19.7 Å². The van der Waals surface area contributed by atoms with Crippen LogP contribution >= 0.6 is 0 Å². The van der Waals surface area contributed by atoms with Gasteiger partial charge in [0.2, 0.25) is 0 Å². The standard InChI is InChI=1S/C21H27NO8/c1-13(2)20(28)30-21(4,5)12-29-14(3)19(27)15-6-8-16(9-7-15)22(10-17(23)24)11-18(25)26/h6-9,14H,1,10-12H2,2-5H3,(H,23,24)(H,25,26). The molecule has 1 unspecified atom stereocenters. The number of ketones is 1. The number of carbonyl (C=O) groups excluding carboxylic acids is 2. The monoisotopic (exact) mass is 421 g/mol. The van der Waals surface area contributed by atoms with E-state index in [1.165, 1.54) is 31.2 Å². The summed E-state index contributed by atoms with van der Waals surface area (Å²) in [5.41, 5.74) is -0.0266. The molecule has 0 amide bonds. The fraction of sp³-hybridized carbons (Fsp3) is 0.429. The predicted octanol–water partition coefficient (Wildman–Crippen LogP) is 2.15. The highest BCUT2D eigenvalue weighted by molar-refractivity contribution is 5.99. The summed E-state index contributed by atoms with van der Waals surface area (Å²) in [4.78, 5) is 47.3. The van der Waals surface area contributed by atoms with E-state index in [0.717, 1.165) is 4.90 Å². The molecule has 2 N–H and O–H groups in total. The summed E-state index contributed by atoms with van der Waals surface area (Å²) < 4.78 is 10.8. The molecule has 0 bridgehead atoms. The van der Waals surface area contributed by atoms with Gasteiger partial charge in [-0.25, -0.2) is 4.79 Å². The van der Waals surface area contributed by atoms with Crippen molar-refractivity contribution in [3.05, 3.63) is 42.0 Å². The van der Waals surface area contributed by atoms with Gasteiger partial charge in [0.05, 0.1) is 6.61 Å². The molecular weight excluding hydrogens is 394 g/mol. The Labute approximate surface area is 174 Å². The second-order valence-electron chi connectivity index (χ2n) is 7.44. The van der Waals surface area contributed by atoms with Gasteiger partial charge in [-0.1, -0.05) is 6.58 Å². The van der Waals surface area contributed by atoms with E-state index in [0.29, 0.717) is 11.3 Å². The molecule has 0 fully saturated rings. The number of carbonyl (C=O) groups is 4. The summed E-state index contributed by atoms with van der Waals surface area (Å²) in [5.74, 6) is -3.22. The van der Waals surface area contributed by atoms with Gasteiger partial charge in [-0.05, 0) is 52.0 Å².